The number of hydrogen-bond donors (Lipinski definition) is 2. The molecular weight excluding hydrogens is 456 g/mol. The molecule has 0 spiro atoms. The molecule has 1 aliphatic heterocycles. The highest BCUT2D eigenvalue weighted by molar-refractivity contribution is 7.19. The lowest BCUT2D eigenvalue weighted by Crippen LogP contribution is -2.45. The Morgan fingerprint density at radius 2 is 1.94 bits per heavy atom. The maximum absolute atomic E-state index is 12.6. The van der Waals surface area contributed by atoms with Gasteiger partial charge in [-0.3, -0.25) is 14.4 Å². The third kappa shape index (κ3) is 4.36. The number of aryl methyl sites for hydroxylation is 2. The average molecular weight is 473 g/mol. The second-order valence-electron chi connectivity index (χ2n) is 6.96. The number of halogens is 1. The van der Waals surface area contributed by atoms with Crippen LogP contribution in [0.1, 0.15) is 23.2 Å². The molecule has 0 saturated carbocycles. The van der Waals surface area contributed by atoms with E-state index in [-0.39, 0.29) is 6.42 Å². The number of hydrogen-bond acceptors (Lipinski definition) is 10. The number of anilines is 3. The highest BCUT2D eigenvalue weighted by Gasteiger charge is 2.32. The highest BCUT2D eigenvalue weighted by Crippen LogP contribution is 2.27. The molecule has 1 atom stereocenters. The van der Waals surface area contributed by atoms with Crippen molar-refractivity contribution in [3.05, 3.63) is 46.1 Å². The Labute approximate surface area is 191 Å². The predicted octanol–water partition coefficient (Wildman–Crippen LogP) is 2.36. The molecule has 0 saturated heterocycles. The summed E-state index contributed by atoms with van der Waals surface area (Å²) in [5, 5.41) is 24.4. The topological polar surface area (TPSA) is 134 Å². The number of amides is 2. The van der Waals surface area contributed by atoms with Crippen molar-refractivity contribution in [3.63, 3.8) is 0 Å². The molecule has 3 aromatic rings. The van der Waals surface area contributed by atoms with E-state index in [9.17, 15) is 14.4 Å². The van der Waals surface area contributed by atoms with Crippen LogP contribution in [-0.2, 0) is 14.4 Å². The first kappa shape index (κ1) is 21.6. The standard InChI is InChI=1S/C19H17ClN8O3S/c1-10-5-12(3-4-13(10)20)14-7-15(17(31)28(9-30)26-14)21-18-23-24-19(32-18)22-16-6-11(2)25-27(16)8-29/h3-6,8-9,15H,7H2,1-2H3,(H,21,23)(H,22,24). The molecule has 2 aromatic heterocycles. The van der Waals surface area contributed by atoms with E-state index in [4.69, 9.17) is 11.6 Å². The van der Waals surface area contributed by atoms with E-state index in [0.29, 0.717) is 45.3 Å². The number of rotatable bonds is 7. The van der Waals surface area contributed by atoms with Crippen LogP contribution in [0.2, 0.25) is 5.02 Å². The van der Waals surface area contributed by atoms with Crippen molar-refractivity contribution in [2.45, 2.75) is 26.3 Å². The summed E-state index contributed by atoms with van der Waals surface area (Å²) in [6, 6.07) is 6.30. The van der Waals surface area contributed by atoms with Gasteiger partial charge in [-0.15, -0.1) is 10.2 Å². The molecule has 2 amide bonds. The van der Waals surface area contributed by atoms with Crippen molar-refractivity contribution in [1.82, 2.24) is 25.0 Å². The third-order valence-electron chi connectivity index (χ3n) is 4.66. The maximum Gasteiger partial charge on any atom is 0.272 e. The van der Waals surface area contributed by atoms with Gasteiger partial charge in [0.15, 0.2) is 0 Å². The lowest BCUT2D eigenvalue weighted by Gasteiger charge is -2.26. The minimum Gasteiger partial charge on any atom is -0.348 e. The van der Waals surface area contributed by atoms with Crippen LogP contribution in [0, 0.1) is 13.8 Å². The molecule has 0 radical (unpaired) electrons. The van der Waals surface area contributed by atoms with Gasteiger partial charge in [-0.25, -0.2) is 0 Å². The minimum atomic E-state index is -0.771. The monoisotopic (exact) mass is 472 g/mol. The van der Waals surface area contributed by atoms with Gasteiger partial charge >= 0.3 is 0 Å². The van der Waals surface area contributed by atoms with Crippen LogP contribution < -0.4 is 10.6 Å². The molecule has 0 aliphatic carbocycles. The molecule has 164 valence electrons. The molecule has 32 heavy (non-hydrogen) atoms. The fourth-order valence-electron chi connectivity index (χ4n) is 3.13. The van der Waals surface area contributed by atoms with Gasteiger partial charge in [0.05, 0.1) is 11.4 Å². The van der Waals surface area contributed by atoms with Crippen molar-refractivity contribution in [2.24, 2.45) is 5.10 Å². The largest absolute Gasteiger partial charge is 0.348 e. The van der Waals surface area contributed by atoms with Gasteiger partial charge in [-0.1, -0.05) is 29.0 Å². The van der Waals surface area contributed by atoms with Crippen LogP contribution in [0.4, 0.5) is 16.1 Å². The predicted molar refractivity (Wildman–Crippen MR) is 120 cm³/mol. The zero-order valence-electron chi connectivity index (χ0n) is 16.9. The molecule has 1 unspecified atom stereocenters. The van der Waals surface area contributed by atoms with E-state index in [1.165, 1.54) is 0 Å². The van der Waals surface area contributed by atoms with E-state index in [0.717, 1.165) is 32.2 Å². The highest BCUT2D eigenvalue weighted by atomic mass is 35.5. The molecule has 0 bridgehead atoms. The quantitative estimate of drug-likeness (QED) is 0.500. The van der Waals surface area contributed by atoms with Gasteiger partial charge in [0.1, 0.15) is 11.9 Å². The maximum atomic E-state index is 12.6. The molecule has 1 aliphatic rings. The molecule has 2 N–H and O–H groups in total. The van der Waals surface area contributed by atoms with Gasteiger partial charge in [0, 0.05) is 17.5 Å². The third-order valence-corrected chi connectivity index (χ3v) is 5.85. The lowest BCUT2D eigenvalue weighted by atomic mass is 9.99. The minimum absolute atomic E-state index is 0.240. The summed E-state index contributed by atoms with van der Waals surface area (Å²) in [4.78, 5) is 35.2. The van der Waals surface area contributed by atoms with E-state index < -0.39 is 11.9 Å². The Balaban J connectivity index is 1.53. The Kier molecular flexibility index (Phi) is 5.97. The molecule has 11 nitrogen and oxygen atoms in total. The Bertz CT molecular complexity index is 1240. The van der Waals surface area contributed by atoms with E-state index >= 15 is 0 Å². The van der Waals surface area contributed by atoms with Crippen LogP contribution in [0.5, 0.6) is 0 Å². The van der Waals surface area contributed by atoms with Crippen molar-refractivity contribution >= 4 is 63.5 Å². The van der Waals surface area contributed by atoms with Crippen molar-refractivity contribution in [1.29, 1.82) is 0 Å². The lowest BCUT2D eigenvalue weighted by molar-refractivity contribution is -0.139. The number of imide groups is 1. The summed E-state index contributed by atoms with van der Waals surface area (Å²) < 4.78 is 1.15. The fourth-order valence-corrected chi connectivity index (χ4v) is 3.95. The number of aromatic nitrogens is 4. The average Bonchev–Trinajstić information content (AvgIpc) is 3.37. The summed E-state index contributed by atoms with van der Waals surface area (Å²) in [7, 11) is 0. The zero-order valence-corrected chi connectivity index (χ0v) is 18.5. The molecule has 3 heterocycles. The number of carbonyl (C=O) groups is 3. The summed E-state index contributed by atoms with van der Waals surface area (Å²) in [5.41, 5.74) is 2.83. The first-order valence-electron chi connectivity index (χ1n) is 9.39. The summed E-state index contributed by atoms with van der Waals surface area (Å²) in [6.07, 6.45) is 1.18. The van der Waals surface area contributed by atoms with Crippen LogP contribution in [0.3, 0.4) is 0 Å². The van der Waals surface area contributed by atoms with E-state index in [2.05, 4.69) is 31.0 Å². The SMILES string of the molecule is Cc1cc(Nc2nnc(NC3CC(c4ccc(Cl)c(C)c4)=NN(C=O)C3=O)s2)n(C=O)n1. The number of hydrazone groups is 1. The number of benzene rings is 1. The van der Waals surface area contributed by atoms with Gasteiger partial charge < -0.3 is 10.6 Å². The van der Waals surface area contributed by atoms with E-state index in [1.807, 2.05) is 13.0 Å². The Hall–Kier alpha value is -3.64. The first-order valence-corrected chi connectivity index (χ1v) is 10.6. The van der Waals surface area contributed by atoms with Crippen molar-refractivity contribution in [3.8, 4) is 0 Å². The zero-order chi connectivity index (χ0) is 22.8. The normalized spacial score (nSPS) is 16.0. The summed E-state index contributed by atoms with van der Waals surface area (Å²) in [6.45, 7) is 3.62. The fraction of sp³-hybridized carbons (Fsp3) is 0.211. The number of nitrogens with zero attached hydrogens (tertiary/aromatic N) is 6. The molecule has 1 aromatic carbocycles. The Morgan fingerprint density at radius 3 is 2.66 bits per heavy atom. The molecule has 4 rings (SSSR count). The second-order valence-corrected chi connectivity index (χ2v) is 8.34. The molecular formula is C19H17ClN8O3S. The first-order chi connectivity index (χ1) is 15.4. The van der Waals surface area contributed by atoms with Gasteiger partial charge in [-0.05, 0) is 37.1 Å². The van der Waals surface area contributed by atoms with Gasteiger partial charge in [0.2, 0.25) is 23.1 Å². The molecule has 13 heteroatoms. The second kappa shape index (κ2) is 8.85. The van der Waals surface area contributed by atoms with Crippen LogP contribution in [0.25, 0.3) is 0 Å². The molecule has 0 fully saturated rings. The van der Waals surface area contributed by atoms with Crippen LogP contribution >= 0.6 is 22.9 Å². The number of nitrogens with one attached hydrogen (secondary N) is 2. The smallest absolute Gasteiger partial charge is 0.272 e. The summed E-state index contributed by atoms with van der Waals surface area (Å²) in [5.74, 6) is -0.0672. The van der Waals surface area contributed by atoms with Gasteiger partial charge in [-0.2, -0.15) is 19.9 Å². The Morgan fingerprint density at radius 1 is 1.16 bits per heavy atom. The summed E-state index contributed by atoms with van der Waals surface area (Å²) >= 11 is 7.24. The number of carbonyl (C=O) groups excluding carboxylic acids is 3. The van der Waals surface area contributed by atoms with Crippen LogP contribution in [0.15, 0.2) is 29.4 Å². The van der Waals surface area contributed by atoms with Crippen molar-refractivity contribution < 1.29 is 14.4 Å². The van der Waals surface area contributed by atoms with Gasteiger partial charge in [0.25, 0.3) is 5.91 Å². The van der Waals surface area contributed by atoms with E-state index in [1.54, 1.807) is 25.1 Å². The van der Waals surface area contributed by atoms with Crippen LogP contribution in [-0.4, -0.2) is 55.5 Å². The van der Waals surface area contributed by atoms with Crippen molar-refractivity contribution in [2.75, 3.05) is 10.6 Å².